The first-order chi connectivity index (χ1) is 16.6. The van der Waals surface area contributed by atoms with Crippen molar-refractivity contribution >= 4 is 17.4 Å². The van der Waals surface area contributed by atoms with E-state index < -0.39 is 11.3 Å². The summed E-state index contributed by atoms with van der Waals surface area (Å²) in [7, 11) is 1.48. The van der Waals surface area contributed by atoms with Crippen LogP contribution in [0, 0.1) is 5.82 Å². The molecule has 34 heavy (non-hydrogen) atoms. The highest BCUT2D eigenvalue weighted by atomic mass is 35.5. The molecule has 5 rings (SSSR count). The number of H-pyrrole nitrogens is 1. The van der Waals surface area contributed by atoms with Crippen LogP contribution in [0.2, 0.25) is 0 Å². The number of alkyl halides is 1. The molecule has 1 aromatic carbocycles. The van der Waals surface area contributed by atoms with Crippen LogP contribution in [0.1, 0.15) is 11.3 Å². The van der Waals surface area contributed by atoms with Crippen LogP contribution in [-0.2, 0) is 0 Å². The lowest BCUT2D eigenvalue weighted by Crippen LogP contribution is -2.07. The number of hydrogen-bond donors (Lipinski definition) is 2. The van der Waals surface area contributed by atoms with Crippen molar-refractivity contribution in [1.29, 1.82) is 0 Å². The van der Waals surface area contributed by atoms with E-state index in [0.717, 1.165) is 11.3 Å². The van der Waals surface area contributed by atoms with Gasteiger partial charge >= 0.3 is 0 Å². The second-order valence-electron chi connectivity index (χ2n) is 7.14. The van der Waals surface area contributed by atoms with Gasteiger partial charge in [0.1, 0.15) is 23.2 Å². The normalized spacial score (nSPS) is 11.9. The van der Waals surface area contributed by atoms with Gasteiger partial charge in [-0.3, -0.25) is 0 Å². The standard InChI is InChI=1S/C23H18ClFN8O/c1-34-18-4-2-3-16(25)20(18)22-26-8-7-17(31-22)14-11-30-33(13-14)15-5-6-19(29-12-15)32-21(24)23-27-9-10-28-23/h2-13,21H,1H3,(H,27,28)(H,29,32). The number of rotatable bonds is 7. The first kappa shape index (κ1) is 21.5. The third-order valence-corrected chi connectivity index (χ3v) is 5.32. The predicted octanol–water partition coefficient (Wildman–Crippen LogP) is 4.61. The molecule has 1 unspecified atom stereocenters. The van der Waals surface area contributed by atoms with Gasteiger partial charge in [0.2, 0.25) is 0 Å². The van der Waals surface area contributed by atoms with Gasteiger partial charge in [0.05, 0.1) is 36.4 Å². The molecule has 11 heteroatoms. The molecule has 1 atom stereocenters. The summed E-state index contributed by atoms with van der Waals surface area (Å²) < 4.78 is 21.4. The molecule has 0 aliphatic carbocycles. The van der Waals surface area contributed by atoms with Crippen LogP contribution >= 0.6 is 11.6 Å². The minimum Gasteiger partial charge on any atom is -0.496 e. The van der Waals surface area contributed by atoms with Crippen LogP contribution in [-0.4, -0.2) is 41.8 Å². The van der Waals surface area contributed by atoms with E-state index in [1.165, 1.54) is 13.2 Å². The Kier molecular flexibility index (Phi) is 5.88. The summed E-state index contributed by atoms with van der Waals surface area (Å²) in [5.74, 6) is 1.31. The second-order valence-corrected chi connectivity index (χ2v) is 7.58. The second kappa shape index (κ2) is 9.28. The molecule has 4 aromatic heterocycles. The Morgan fingerprint density at radius 3 is 2.76 bits per heavy atom. The third kappa shape index (κ3) is 4.30. The summed E-state index contributed by atoms with van der Waals surface area (Å²) in [4.78, 5) is 20.2. The molecule has 9 nitrogen and oxygen atoms in total. The summed E-state index contributed by atoms with van der Waals surface area (Å²) in [6.45, 7) is 0. The molecule has 170 valence electrons. The van der Waals surface area contributed by atoms with E-state index in [-0.39, 0.29) is 11.4 Å². The maximum absolute atomic E-state index is 14.5. The molecule has 0 amide bonds. The summed E-state index contributed by atoms with van der Waals surface area (Å²) in [5.41, 5.74) is 1.74. The molecule has 0 aliphatic heterocycles. The molecule has 0 saturated carbocycles. The van der Waals surface area contributed by atoms with Crippen LogP contribution < -0.4 is 10.1 Å². The van der Waals surface area contributed by atoms with E-state index in [2.05, 4.69) is 35.3 Å². The van der Waals surface area contributed by atoms with Crippen molar-refractivity contribution in [2.24, 2.45) is 0 Å². The fraction of sp³-hybridized carbons (Fsp3) is 0.0870. The largest absolute Gasteiger partial charge is 0.496 e. The van der Waals surface area contributed by atoms with E-state index >= 15 is 0 Å². The van der Waals surface area contributed by atoms with Gasteiger partial charge in [0.25, 0.3) is 0 Å². The zero-order valence-electron chi connectivity index (χ0n) is 17.9. The number of anilines is 1. The number of nitrogens with zero attached hydrogens (tertiary/aromatic N) is 6. The average Bonchev–Trinajstić information content (AvgIpc) is 3.57. The third-order valence-electron chi connectivity index (χ3n) is 5.00. The molecule has 0 spiro atoms. The summed E-state index contributed by atoms with van der Waals surface area (Å²) >= 11 is 6.29. The van der Waals surface area contributed by atoms with E-state index in [4.69, 9.17) is 16.3 Å². The minimum atomic E-state index is -0.537. The maximum Gasteiger partial charge on any atom is 0.166 e. The fourth-order valence-electron chi connectivity index (χ4n) is 3.35. The van der Waals surface area contributed by atoms with Crippen LogP contribution in [0.3, 0.4) is 0 Å². The molecule has 0 bridgehead atoms. The Balaban J connectivity index is 1.37. The van der Waals surface area contributed by atoms with Gasteiger partial charge in [-0.1, -0.05) is 17.7 Å². The number of nitrogens with one attached hydrogen (secondary N) is 2. The molecular weight excluding hydrogens is 459 g/mol. The van der Waals surface area contributed by atoms with Gasteiger partial charge in [-0.15, -0.1) is 0 Å². The highest BCUT2D eigenvalue weighted by Crippen LogP contribution is 2.31. The highest BCUT2D eigenvalue weighted by molar-refractivity contribution is 6.21. The Morgan fingerprint density at radius 2 is 2.00 bits per heavy atom. The summed E-state index contributed by atoms with van der Waals surface area (Å²) in [6.07, 6.45) is 10.0. The van der Waals surface area contributed by atoms with Crippen LogP contribution in [0.15, 0.2) is 73.6 Å². The molecule has 0 radical (unpaired) electrons. The zero-order valence-corrected chi connectivity index (χ0v) is 18.6. The Bertz CT molecular complexity index is 1410. The summed E-state index contributed by atoms with van der Waals surface area (Å²) in [6, 6.07) is 9.97. The van der Waals surface area contributed by atoms with Gasteiger partial charge in [0, 0.05) is 30.4 Å². The van der Waals surface area contributed by atoms with Crippen molar-refractivity contribution < 1.29 is 9.13 Å². The molecule has 4 heterocycles. The lowest BCUT2D eigenvalue weighted by atomic mass is 10.1. The number of pyridine rings is 1. The lowest BCUT2D eigenvalue weighted by molar-refractivity contribution is 0.413. The van der Waals surface area contributed by atoms with Gasteiger partial charge in [0.15, 0.2) is 11.3 Å². The Hall–Kier alpha value is -4.31. The van der Waals surface area contributed by atoms with Crippen molar-refractivity contribution in [3.05, 3.63) is 85.2 Å². The number of hydrogen-bond acceptors (Lipinski definition) is 7. The number of ether oxygens (including phenoxy) is 1. The first-order valence-corrected chi connectivity index (χ1v) is 10.6. The zero-order chi connectivity index (χ0) is 23.5. The summed E-state index contributed by atoms with van der Waals surface area (Å²) in [5, 5.41) is 7.47. The molecule has 0 saturated heterocycles. The number of imidazole rings is 1. The number of aromatic nitrogens is 7. The molecule has 0 aliphatic rings. The van der Waals surface area contributed by atoms with E-state index in [1.54, 1.807) is 59.9 Å². The Labute approximate surface area is 198 Å². The van der Waals surface area contributed by atoms with E-state index in [9.17, 15) is 4.39 Å². The van der Waals surface area contributed by atoms with E-state index in [1.807, 2.05) is 12.3 Å². The van der Waals surface area contributed by atoms with Gasteiger partial charge < -0.3 is 15.0 Å². The molecule has 5 aromatic rings. The number of aromatic amines is 1. The monoisotopic (exact) mass is 476 g/mol. The van der Waals surface area contributed by atoms with E-state index in [0.29, 0.717) is 23.1 Å². The smallest absolute Gasteiger partial charge is 0.166 e. The van der Waals surface area contributed by atoms with Crippen LogP contribution in [0.4, 0.5) is 10.2 Å². The Morgan fingerprint density at radius 1 is 1.09 bits per heavy atom. The maximum atomic E-state index is 14.5. The minimum absolute atomic E-state index is 0.207. The van der Waals surface area contributed by atoms with Crippen molar-refractivity contribution in [1.82, 2.24) is 34.7 Å². The van der Waals surface area contributed by atoms with Crippen molar-refractivity contribution in [3.8, 4) is 34.1 Å². The molecule has 2 N–H and O–H groups in total. The SMILES string of the molecule is COc1cccc(F)c1-c1nccc(-c2cnn(-c3ccc(NC(Cl)c4ncc[nH]4)nc3)c2)n1. The van der Waals surface area contributed by atoms with Crippen molar-refractivity contribution in [3.63, 3.8) is 0 Å². The average molecular weight is 477 g/mol. The topological polar surface area (TPSA) is 106 Å². The highest BCUT2D eigenvalue weighted by Gasteiger charge is 2.16. The van der Waals surface area contributed by atoms with Crippen LogP contribution in [0.5, 0.6) is 5.75 Å². The molecule has 0 fully saturated rings. The molecular formula is C23H18ClFN8O. The lowest BCUT2D eigenvalue weighted by Gasteiger charge is -2.10. The van der Waals surface area contributed by atoms with Gasteiger partial charge in [-0.25, -0.2) is 29.0 Å². The quantitative estimate of drug-likeness (QED) is 0.261. The first-order valence-electron chi connectivity index (χ1n) is 10.2. The van der Waals surface area contributed by atoms with Crippen LogP contribution in [0.25, 0.3) is 28.3 Å². The number of benzene rings is 1. The number of halogens is 2. The van der Waals surface area contributed by atoms with Crippen molar-refractivity contribution in [2.75, 3.05) is 12.4 Å². The fourth-order valence-corrected chi connectivity index (χ4v) is 3.58. The predicted molar refractivity (Wildman–Crippen MR) is 125 cm³/mol. The van der Waals surface area contributed by atoms with Gasteiger partial charge in [-0.2, -0.15) is 5.10 Å². The van der Waals surface area contributed by atoms with Crippen molar-refractivity contribution in [2.45, 2.75) is 5.50 Å². The number of methoxy groups -OCH3 is 1. The van der Waals surface area contributed by atoms with Gasteiger partial charge in [-0.05, 0) is 30.3 Å².